The van der Waals surface area contributed by atoms with Crippen LogP contribution in [0.2, 0.25) is 5.02 Å². The maximum absolute atomic E-state index is 12.6. The topological polar surface area (TPSA) is 130 Å². The fourth-order valence-electron chi connectivity index (χ4n) is 4.84. The predicted molar refractivity (Wildman–Crippen MR) is 144 cm³/mol. The van der Waals surface area contributed by atoms with Crippen LogP contribution in [0.3, 0.4) is 0 Å². The van der Waals surface area contributed by atoms with Crippen molar-refractivity contribution in [3.05, 3.63) is 51.5 Å². The number of nitrogens with zero attached hydrogens (tertiary/aromatic N) is 5. The average Bonchev–Trinajstić information content (AvgIpc) is 2.91. The zero-order valence-electron chi connectivity index (χ0n) is 20.7. The minimum atomic E-state index is -1.04. The molecule has 0 aliphatic carbocycles. The van der Waals surface area contributed by atoms with Crippen molar-refractivity contribution in [3.8, 4) is 5.75 Å². The number of ether oxygens (including phenoxy) is 1. The van der Waals surface area contributed by atoms with E-state index in [1.54, 1.807) is 17.7 Å². The number of hydrogen-bond acceptors (Lipinski definition) is 8. The molecule has 2 amide bonds. The molecule has 2 N–H and O–H groups in total. The van der Waals surface area contributed by atoms with Crippen LogP contribution in [-0.4, -0.2) is 80.0 Å². The summed E-state index contributed by atoms with van der Waals surface area (Å²) < 4.78 is 7.00. The largest absolute Gasteiger partial charge is 0.497 e. The van der Waals surface area contributed by atoms with Crippen molar-refractivity contribution in [2.24, 2.45) is 0 Å². The van der Waals surface area contributed by atoms with Crippen LogP contribution in [0.4, 0.5) is 10.6 Å². The highest BCUT2D eigenvalue weighted by Gasteiger charge is 2.29. The molecule has 2 aliphatic rings. The van der Waals surface area contributed by atoms with Gasteiger partial charge in [0.1, 0.15) is 11.6 Å². The summed E-state index contributed by atoms with van der Waals surface area (Å²) in [7, 11) is 1.58. The minimum Gasteiger partial charge on any atom is -0.497 e. The zero-order valence-corrected chi connectivity index (χ0v) is 22.3. The molecule has 38 heavy (non-hydrogen) atoms. The number of amides is 2. The lowest BCUT2D eigenvalue weighted by Gasteiger charge is -2.37. The average molecular weight is 559 g/mol. The van der Waals surface area contributed by atoms with E-state index < -0.39 is 6.09 Å². The molecule has 4 heterocycles. The highest BCUT2D eigenvalue weighted by molar-refractivity contribution is 8.00. The number of carbonyl (C=O) groups excluding carboxylic acids is 1. The predicted octanol–water partition coefficient (Wildman–Crippen LogP) is 3.14. The number of rotatable bonds is 7. The Kier molecular flexibility index (Phi) is 7.73. The maximum Gasteiger partial charge on any atom is 0.407 e. The SMILES string of the molecule is COc1ccc2ncc(=O)n(CCN3CCC(N(Cc4nc5c(cc4Cl)SCC(=O)N5)C(=O)O)CC3)c2c1. The Hall–Kier alpha value is -3.35. The number of aromatic nitrogens is 3. The third kappa shape index (κ3) is 5.57. The van der Waals surface area contributed by atoms with Crippen LogP contribution >= 0.6 is 23.4 Å². The highest BCUT2D eigenvalue weighted by Crippen LogP contribution is 2.34. The van der Waals surface area contributed by atoms with Gasteiger partial charge in [-0.25, -0.2) is 14.8 Å². The van der Waals surface area contributed by atoms with Gasteiger partial charge in [0, 0.05) is 38.3 Å². The van der Waals surface area contributed by atoms with E-state index in [0.29, 0.717) is 78.1 Å². The van der Waals surface area contributed by atoms with Crippen LogP contribution < -0.4 is 15.6 Å². The molecule has 0 bridgehead atoms. The number of nitrogens with one attached hydrogen (secondary N) is 1. The van der Waals surface area contributed by atoms with Gasteiger partial charge < -0.3 is 24.6 Å². The Morgan fingerprint density at radius 1 is 1.26 bits per heavy atom. The quantitative estimate of drug-likeness (QED) is 0.449. The van der Waals surface area contributed by atoms with Crippen molar-refractivity contribution in [1.82, 2.24) is 24.3 Å². The first-order valence-corrected chi connectivity index (χ1v) is 13.6. The van der Waals surface area contributed by atoms with Crippen LogP contribution in [0.25, 0.3) is 11.0 Å². The number of methoxy groups -OCH3 is 1. The van der Waals surface area contributed by atoms with E-state index in [2.05, 4.69) is 20.2 Å². The lowest BCUT2D eigenvalue weighted by Crippen LogP contribution is -2.47. The number of carboxylic acid groups (broad SMARTS) is 1. The van der Waals surface area contributed by atoms with E-state index in [9.17, 15) is 19.5 Å². The Morgan fingerprint density at radius 3 is 2.79 bits per heavy atom. The molecule has 2 aliphatic heterocycles. The molecular formula is C25H27ClN6O5S. The van der Waals surface area contributed by atoms with Crippen LogP contribution in [0, 0.1) is 0 Å². The Morgan fingerprint density at radius 2 is 2.05 bits per heavy atom. The summed E-state index contributed by atoms with van der Waals surface area (Å²) in [6, 6.07) is 6.98. The van der Waals surface area contributed by atoms with Crippen LogP contribution in [0.5, 0.6) is 5.75 Å². The van der Waals surface area contributed by atoms with Crippen LogP contribution in [-0.2, 0) is 17.9 Å². The molecule has 11 nitrogen and oxygen atoms in total. The fraction of sp³-hybridized carbons (Fsp3) is 0.400. The third-order valence-corrected chi connectivity index (χ3v) is 8.24. The summed E-state index contributed by atoms with van der Waals surface area (Å²) in [5.74, 6) is 1.22. The molecule has 0 saturated carbocycles. The molecule has 2 aromatic heterocycles. The summed E-state index contributed by atoms with van der Waals surface area (Å²) in [5, 5.41) is 13.1. The van der Waals surface area contributed by atoms with E-state index in [4.69, 9.17) is 16.3 Å². The van der Waals surface area contributed by atoms with E-state index in [0.717, 1.165) is 4.90 Å². The maximum atomic E-state index is 12.6. The summed E-state index contributed by atoms with van der Waals surface area (Å²) in [6.07, 6.45) is 1.57. The Balaban J connectivity index is 1.23. The number of halogens is 1. The molecule has 0 unspecified atom stereocenters. The normalized spacial score (nSPS) is 16.2. The first kappa shape index (κ1) is 26.3. The lowest BCUT2D eigenvalue weighted by atomic mass is 10.0. The van der Waals surface area contributed by atoms with Crippen LogP contribution in [0.1, 0.15) is 18.5 Å². The molecule has 1 aromatic carbocycles. The number of fused-ring (bicyclic) bond motifs is 2. The second-order valence-electron chi connectivity index (χ2n) is 9.19. The smallest absolute Gasteiger partial charge is 0.407 e. The summed E-state index contributed by atoms with van der Waals surface area (Å²) in [5.41, 5.74) is 1.67. The number of benzene rings is 1. The fourth-order valence-corrected chi connectivity index (χ4v) is 5.91. The highest BCUT2D eigenvalue weighted by atomic mass is 35.5. The standard InChI is InChI=1S/C25H27ClN6O5S/c1-37-16-2-3-18-20(10-16)31(23(34)12-27-18)9-8-30-6-4-15(5-7-30)32(25(35)36)13-19-17(26)11-21-24(28-19)29-22(33)14-38-21/h2-3,10-12,15H,4-9,13-14H2,1H3,(H,35,36)(H,28,29,33). The van der Waals surface area contributed by atoms with Crippen LogP contribution in [0.15, 0.2) is 40.2 Å². The molecular weight excluding hydrogens is 532 g/mol. The van der Waals surface area contributed by atoms with Crippen molar-refractivity contribution in [3.63, 3.8) is 0 Å². The molecule has 0 radical (unpaired) electrons. The number of carbonyl (C=O) groups is 2. The number of piperidine rings is 1. The number of anilines is 1. The Labute approximate surface area is 227 Å². The van der Waals surface area contributed by atoms with Gasteiger partial charge >= 0.3 is 6.09 Å². The summed E-state index contributed by atoms with van der Waals surface area (Å²) in [6.45, 7) is 2.54. The minimum absolute atomic E-state index is 0.0346. The molecule has 3 aromatic rings. The molecule has 5 rings (SSSR count). The van der Waals surface area contributed by atoms with E-state index >= 15 is 0 Å². The Bertz CT molecular complexity index is 1440. The van der Waals surface area contributed by atoms with Gasteiger partial charge in [0.15, 0.2) is 0 Å². The van der Waals surface area contributed by atoms with Crippen molar-refractivity contribution in [2.45, 2.75) is 36.9 Å². The second-order valence-corrected chi connectivity index (χ2v) is 10.6. The monoisotopic (exact) mass is 558 g/mol. The van der Waals surface area contributed by atoms with Crippen molar-refractivity contribution < 1.29 is 19.4 Å². The third-order valence-electron chi connectivity index (χ3n) is 6.89. The number of thioether (sulfide) groups is 1. The van der Waals surface area contributed by atoms with Gasteiger partial charge in [0.2, 0.25) is 5.91 Å². The van der Waals surface area contributed by atoms with Gasteiger partial charge in [0.05, 0.1) is 52.2 Å². The van der Waals surface area contributed by atoms with Crippen molar-refractivity contribution in [2.75, 3.05) is 37.8 Å². The zero-order chi connectivity index (χ0) is 26.8. The molecule has 0 spiro atoms. The van der Waals surface area contributed by atoms with Gasteiger partial charge in [-0.1, -0.05) is 11.6 Å². The van der Waals surface area contributed by atoms with Gasteiger partial charge in [0.25, 0.3) is 5.56 Å². The summed E-state index contributed by atoms with van der Waals surface area (Å²) in [4.78, 5) is 49.5. The van der Waals surface area contributed by atoms with E-state index in [1.165, 1.54) is 22.9 Å². The van der Waals surface area contributed by atoms with Gasteiger partial charge in [-0.05, 0) is 31.0 Å². The first-order chi connectivity index (χ1) is 18.3. The van der Waals surface area contributed by atoms with Gasteiger partial charge in [-0.3, -0.25) is 14.5 Å². The summed E-state index contributed by atoms with van der Waals surface area (Å²) >= 11 is 7.78. The molecule has 200 valence electrons. The van der Waals surface area contributed by atoms with Gasteiger partial charge in [-0.2, -0.15) is 0 Å². The van der Waals surface area contributed by atoms with E-state index in [-0.39, 0.29) is 24.1 Å². The number of likely N-dealkylation sites (tertiary alicyclic amines) is 1. The number of pyridine rings is 1. The molecule has 1 fully saturated rings. The van der Waals surface area contributed by atoms with Crippen molar-refractivity contribution >= 4 is 52.2 Å². The second kappa shape index (κ2) is 11.2. The number of hydrogen-bond donors (Lipinski definition) is 2. The van der Waals surface area contributed by atoms with Gasteiger partial charge in [-0.15, -0.1) is 11.8 Å². The molecule has 0 atom stereocenters. The lowest BCUT2D eigenvalue weighted by molar-refractivity contribution is -0.113. The van der Waals surface area contributed by atoms with Crippen molar-refractivity contribution in [1.29, 1.82) is 0 Å². The molecule has 13 heteroatoms. The molecule has 1 saturated heterocycles. The first-order valence-electron chi connectivity index (χ1n) is 12.2. The van der Waals surface area contributed by atoms with E-state index in [1.807, 2.05) is 18.2 Å².